The minimum absolute atomic E-state index is 0.0342. The molecule has 0 aromatic heterocycles. The Morgan fingerprint density at radius 1 is 1.43 bits per heavy atom. The lowest BCUT2D eigenvalue weighted by Gasteiger charge is -2.33. The van der Waals surface area contributed by atoms with Crippen LogP contribution < -0.4 is 0 Å². The van der Waals surface area contributed by atoms with E-state index in [1.165, 1.54) is 12.1 Å². The second-order valence-electron chi connectivity index (χ2n) is 5.90. The van der Waals surface area contributed by atoms with Crippen LogP contribution in [0.4, 0.5) is 4.39 Å². The van der Waals surface area contributed by atoms with Crippen LogP contribution in [0.15, 0.2) is 53.2 Å². The maximum Gasteiger partial charge on any atom is 0.354 e. The van der Waals surface area contributed by atoms with Crippen LogP contribution in [0.25, 0.3) is 0 Å². The number of hydrogen-bond acceptors (Lipinski definition) is 3. The van der Waals surface area contributed by atoms with Crippen LogP contribution in [0, 0.1) is 11.7 Å². The van der Waals surface area contributed by atoms with Gasteiger partial charge in [0.25, 0.3) is 0 Å². The molecule has 1 heterocycles. The molecule has 3 rings (SSSR count). The van der Waals surface area contributed by atoms with Gasteiger partial charge in [-0.3, -0.25) is 0 Å². The Kier molecular flexibility index (Phi) is 4.03. The van der Waals surface area contributed by atoms with E-state index in [1.54, 1.807) is 12.1 Å². The molecular formula is C18H18FNO3. The van der Waals surface area contributed by atoms with Crippen LogP contribution in [0.3, 0.4) is 0 Å². The van der Waals surface area contributed by atoms with Gasteiger partial charge in [-0.1, -0.05) is 42.4 Å². The summed E-state index contributed by atoms with van der Waals surface area (Å²) in [6.07, 6.45) is 7.71. The van der Waals surface area contributed by atoms with Gasteiger partial charge in [0.15, 0.2) is 5.71 Å². The van der Waals surface area contributed by atoms with E-state index >= 15 is 0 Å². The minimum Gasteiger partial charge on any atom is -0.477 e. The molecule has 0 spiro atoms. The quantitative estimate of drug-likeness (QED) is 0.926. The van der Waals surface area contributed by atoms with Crippen molar-refractivity contribution in [1.82, 2.24) is 0 Å². The van der Waals surface area contributed by atoms with Gasteiger partial charge in [-0.15, -0.1) is 0 Å². The lowest BCUT2D eigenvalue weighted by atomic mass is 9.70. The Hall–Kier alpha value is -2.43. The molecule has 2 unspecified atom stereocenters. The highest BCUT2D eigenvalue weighted by Gasteiger charge is 2.36. The Morgan fingerprint density at radius 2 is 2.17 bits per heavy atom. The Morgan fingerprint density at radius 3 is 2.83 bits per heavy atom. The van der Waals surface area contributed by atoms with Crippen molar-refractivity contribution in [2.75, 3.05) is 6.61 Å². The zero-order chi connectivity index (χ0) is 16.4. The summed E-state index contributed by atoms with van der Waals surface area (Å²) >= 11 is 0. The average Bonchev–Trinajstić information content (AvgIpc) is 3.05. The number of aliphatic carboxylic acids is 1. The lowest BCUT2D eigenvalue weighted by molar-refractivity contribution is -0.129. The number of hydrogen-bond donors (Lipinski definition) is 1. The highest BCUT2D eigenvalue weighted by atomic mass is 19.1. The maximum atomic E-state index is 13.2. The summed E-state index contributed by atoms with van der Waals surface area (Å²) in [5.41, 5.74) is 1.69. The molecule has 0 bridgehead atoms. The third-order valence-corrected chi connectivity index (χ3v) is 4.64. The molecule has 1 aliphatic heterocycles. The third-order valence-electron chi connectivity index (χ3n) is 4.64. The van der Waals surface area contributed by atoms with E-state index in [4.69, 9.17) is 4.84 Å². The molecule has 1 aliphatic carbocycles. The average molecular weight is 315 g/mol. The summed E-state index contributed by atoms with van der Waals surface area (Å²) in [5.74, 6) is -1.69. The molecule has 2 atom stereocenters. The first-order valence-corrected chi connectivity index (χ1v) is 7.64. The van der Waals surface area contributed by atoms with Crippen LogP contribution in [-0.2, 0) is 15.0 Å². The molecule has 1 aromatic rings. The number of nitrogens with zero attached hydrogens (tertiary/aromatic N) is 1. The summed E-state index contributed by atoms with van der Waals surface area (Å²) in [7, 11) is 0. The van der Waals surface area contributed by atoms with E-state index in [0.717, 1.165) is 24.0 Å². The molecule has 5 heteroatoms. The van der Waals surface area contributed by atoms with Gasteiger partial charge >= 0.3 is 5.97 Å². The maximum absolute atomic E-state index is 13.2. The van der Waals surface area contributed by atoms with E-state index in [-0.39, 0.29) is 29.5 Å². The molecule has 2 aliphatic rings. The van der Waals surface area contributed by atoms with Crippen LogP contribution in [0.1, 0.15) is 25.3 Å². The molecule has 0 amide bonds. The number of carboxylic acids is 1. The number of carboxylic acid groups (broad SMARTS) is 1. The van der Waals surface area contributed by atoms with Gasteiger partial charge in [-0.05, 0) is 36.1 Å². The second kappa shape index (κ2) is 5.99. The normalized spacial score (nSPS) is 26.4. The Bertz CT molecular complexity index is 705. The highest BCUT2D eigenvalue weighted by molar-refractivity contribution is 6.37. The first kappa shape index (κ1) is 15.5. The van der Waals surface area contributed by atoms with Crippen molar-refractivity contribution >= 4 is 11.7 Å². The lowest BCUT2D eigenvalue weighted by Crippen LogP contribution is -2.29. The molecular weight excluding hydrogens is 297 g/mol. The van der Waals surface area contributed by atoms with Gasteiger partial charge in [0.05, 0.1) is 5.92 Å². The van der Waals surface area contributed by atoms with E-state index < -0.39 is 5.97 Å². The van der Waals surface area contributed by atoms with Gasteiger partial charge in [-0.25, -0.2) is 9.18 Å². The van der Waals surface area contributed by atoms with Crippen LogP contribution in [0.2, 0.25) is 0 Å². The smallest absolute Gasteiger partial charge is 0.354 e. The van der Waals surface area contributed by atoms with Crippen molar-refractivity contribution in [1.29, 1.82) is 0 Å². The number of oxime groups is 1. The molecule has 4 nitrogen and oxygen atoms in total. The SMILES string of the molecule is CCC1(c2ccc(F)cc2)C=C(C2CON=C2C(=O)O)C=CC1. The standard InChI is InChI=1S/C18H18FNO3/c1-2-18(13-5-7-14(19)8-6-13)9-3-4-12(10-18)15-11-23-20-16(15)17(21)22/h3-8,10,15H,2,9,11H2,1H3,(H,21,22). The fraction of sp³-hybridized carbons (Fsp3) is 0.333. The Labute approximate surface area is 134 Å². The predicted molar refractivity (Wildman–Crippen MR) is 84.7 cm³/mol. The number of allylic oxidation sites excluding steroid dienone is 3. The van der Waals surface area contributed by atoms with Gasteiger partial charge < -0.3 is 9.94 Å². The molecule has 1 aromatic carbocycles. The first-order valence-electron chi connectivity index (χ1n) is 7.64. The third kappa shape index (κ3) is 2.79. The van der Waals surface area contributed by atoms with Crippen LogP contribution >= 0.6 is 0 Å². The summed E-state index contributed by atoms with van der Waals surface area (Å²) in [6, 6.07) is 6.51. The number of rotatable bonds is 4. The van der Waals surface area contributed by atoms with E-state index in [9.17, 15) is 14.3 Å². The Balaban J connectivity index is 1.99. The molecule has 120 valence electrons. The van der Waals surface area contributed by atoms with Crippen molar-refractivity contribution < 1.29 is 19.1 Å². The van der Waals surface area contributed by atoms with E-state index in [0.29, 0.717) is 0 Å². The summed E-state index contributed by atoms with van der Waals surface area (Å²) in [4.78, 5) is 16.3. The van der Waals surface area contributed by atoms with Crippen molar-refractivity contribution in [3.63, 3.8) is 0 Å². The fourth-order valence-electron chi connectivity index (χ4n) is 3.25. The number of halogens is 1. The molecule has 0 saturated carbocycles. The van der Waals surface area contributed by atoms with Crippen molar-refractivity contribution in [2.45, 2.75) is 25.2 Å². The van der Waals surface area contributed by atoms with Gasteiger partial charge in [0.2, 0.25) is 0 Å². The first-order chi connectivity index (χ1) is 11.1. The van der Waals surface area contributed by atoms with E-state index in [2.05, 4.69) is 18.2 Å². The molecule has 0 radical (unpaired) electrons. The largest absolute Gasteiger partial charge is 0.477 e. The van der Waals surface area contributed by atoms with Gasteiger partial charge in [0.1, 0.15) is 12.4 Å². The zero-order valence-electron chi connectivity index (χ0n) is 12.8. The number of carbonyl (C=O) groups is 1. The van der Waals surface area contributed by atoms with Crippen molar-refractivity contribution in [2.24, 2.45) is 11.1 Å². The van der Waals surface area contributed by atoms with Gasteiger partial charge in [-0.2, -0.15) is 0 Å². The van der Waals surface area contributed by atoms with Crippen LogP contribution in [0.5, 0.6) is 0 Å². The highest BCUT2D eigenvalue weighted by Crippen LogP contribution is 2.40. The summed E-state index contributed by atoms with van der Waals surface area (Å²) in [6.45, 7) is 2.31. The van der Waals surface area contributed by atoms with E-state index in [1.807, 2.05) is 12.2 Å². The summed E-state index contributed by atoms with van der Waals surface area (Å²) < 4.78 is 13.2. The zero-order valence-corrected chi connectivity index (χ0v) is 12.8. The molecule has 1 N–H and O–H groups in total. The van der Waals surface area contributed by atoms with Crippen LogP contribution in [-0.4, -0.2) is 23.4 Å². The monoisotopic (exact) mass is 315 g/mol. The molecule has 0 fully saturated rings. The molecule has 23 heavy (non-hydrogen) atoms. The van der Waals surface area contributed by atoms with Crippen molar-refractivity contribution in [3.05, 3.63) is 59.4 Å². The molecule has 0 saturated heterocycles. The second-order valence-corrected chi connectivity index (χ2v) is 5.90. The number of benzene rings is 1. The topological polar surface area (TPSA) is 58.9 Å². The van der Waals surface area contributed by atoms with Crippen molar-refractivity contribution in [3.8, 4) is 0 Å². The minimum atomic E-state index is -1.06. The van der Waals surface area contributed by atoms with Gasteiger partial charge in [0, 0.05) is 5.41 Å². The summed E-state index contributed by atoms with van der Waals surface area (Å²) in [5, 5.41) is 12.9. The fourth-order valence-corrected chi connectivity index (χ4v) is 3.25. The predicted octanol–water partition coefficient (Wildman–Crippen LogP) is 3.45.